The van der Waals surface area contributed by atoms with Crippen molar-refractivity contribution in [1.82, 2.24) is 13.7 Å². The van der Waals surface area contributed by atoms with Gasteiger partial charge in [0.2, 0.25) is 0 Å². The molecule has 0 radical (unpaired) electrons. The molecule has 0 aliphatic rings. The van der Waals surface area contributed by atoms with E-state index in [9.17, 15) is 14.4 Å². The monoisotopic (exact) mass is 615 g/mol. The van der Waals surface area contributed by atoms with Gasteiger partial charge in [-0.3, -0.25) is 0 Å². The van der Waals surface area contributed by atoms with Crippen molar-refractivity contribution in [3.05, 3.63) is 31.5 Å². The highest BCUT2D eigenvalue weighted by atomic mass is 32.2. The first-order valence-corrected chi connectivity index (χ1v) is 18.4. The SMILES string of the molecule is O=c1n(CCCSCCCCS)c(=O)n(CCCSCCCCS)c(=O)n1CCCSCCCCS. The molecule has 210 valence electrons. The van der Waals surface area contributed by atoms with Gasteiger partial charge < -0.3 is 0 Å². The molecular weight excluding hydrogens is 571 g/mol. The van der Waals surface area contributed by atoms with Crippen molar-refractivity contribution in [2.75, 3.05) is 51.8 Å². The van der Waals surface area contributed by atoms with Gasteiger partial charge in [0, 0.05) is 19.6 Å². The number of hydrogen-bond donors (Lipinski definition) is 3. The molecule has 6 nitrogen and oxygen atoms in total. The molecule has 0 N–H and O–H groups in total. The summed E-state index contributed by atoms with van der Waals surface area (Å²) in [4.78, 5) is 39.4. The van der Waals surface area contributed by atoms with Gasteiger partial charge in [0.05, 0.1) is 0 Å². The minimum atomic E-state index is -0.456. The largest absolute Gasteiger partial charge is 0.336 e. The summed E-state index contributed by atoms with van der Waals surface area (Å²) in [6.07, 6.45) is 8.91. The molecule has 0 aromatic carbocycles. The Kier molecular flexibility index (Phi) is 22.5. The Labute approximate surface area is 246 Å². The van der Waals surface area contributed by atoms with Crippen LogP contribution >= 0.6 is 73.2 Å². The van der Waals surface area contributed by atoms with Gasteiger partial charge in [-0.2, -0.15) is 73.2 Å². The van der Waals surface area contributed by atoms with E-state index >= 15 is 0 Å². The average Bonchev–Trinajstić information content (AvgIpc) is 2.87. The van der Waals surface area contributed by atoms with Crippen molar-refractivity contribution in [2.24, 2.45) is 0 Å². The van der Waals surface area contributed by atoms with E-state index in [2.05, 4.69) is 37.9 Å². The lowest BCUT2D eigenvalue weighted by atomic mass is 10.4. The molecule has 0 aliphatic heterocycles. The third-order valence-corrected chi connectivity index (χ3v) is 9.90. The summed E-state index contributed by atoms with van der Waals surface area (Å²) >= 11 is 18.3. The molecule has 0 spiro atoms. The molecule has 0 amide bonds. The maximum Gasteiger partial charge on any atom is 0.336 e. The van der Waals surface area contributed by atoms with Crippen molar-refractivity contribution in [2.45, 2.75) is 77.4 Å². The maximum absolute atomic E-state index is 13.1. The highest BCUT2D eigenvalue weighted by molar-refractivity contribution is 7.99. The number of thiol groups is 3. The van der Waals surface area contributed by atoms with Gasteiger partial charge >= 0.3 is 17.1 Å². The Bertz CT molecular complexity index is 719. The summed E-state index contributed by atoms with van der Waals surface area (Å²) < 4.78 is 3.86. The Balaban J connectivity index is 2.81. The molecule has 1 aromatic heterocycles. The number of nitrogens with zero attached hydrogens (tertiary/aromatic N) is 3. The van der Waals surface area contributed by atoms with Crippen molar-refractivity contribution in [1.29, 1.82) is 0 Å². The Morgan fingerprint density at radius 1 is 0.417 bits per heavy atom. The fourth-order valence-corrected chi connectivity index (χ4v) is 6.99. The number of rotatable bonds is 24. The lowest BCUT2D eigenvalue weighted by Gasteiger charge is -2.14. The molecule has 0 bridgehead atoms. The Morgan fingerprint density at radius 3 is 0.917 bits per heavy atom. The molecule has 0 aliphatic carbocycles. The second-order valence-corrected chi connectivity index (χ2v) is 13.5. The minimum Gasteiger partial charge on any atom is -0.247 e. The summed E-state index contributed by atoms with van der Waals surface area (Å²) in [6, 6.07) is 0. The molecule has 0 saturated carbocycles. The molecule has 1 aromatic rings. The van der Waals surface area contributed by atoms with E-state index in [-0.39, 0.29) is 0 Å². The standard InChI is InChI=1S/C24H45N3O3S6/c28-22-25(10-7-19-34-16-4-1-13-31)23(29)27(12-9-21-36-18-6-3-15-33)24(30)26(22)11-8-20-35-17-5-2-14-32/h31-33H,1-21H2. The maximum atomic E-state index is 13.1. The lowest BCUT2D eigenvalue weighted by Crippen LogP contribution is -2.54. The molecule has 0 unspecified atom stereocenters. The van der Waals surface area contributed by atoms with Crippen molar-refractivity contribution in [3.63, 3.8) is 0 Å². The van der Waals surface area contributed by atoms with Crippen LogP contribution in [0, 0.1) is 0 Å². The van der Waals surface area contributed by atoms with Crippen molar-refractivity contribution in [3.8, 4) is 0 Å². The van der Waals surface area contributed by atoms with E-state index in [1.54, 1.807) is 0 Å². The number of unbranched alkanes of at least 4 members (excludes halogenated alkanes) is 3. The second-order valence-electron chi connectivity index (χ2n) is 8.49. The number of thioether (sulfide) groups is 3. The van der Waals surface area contributed by atoms with Crippen molar-refractivity contribution >= 4 is 73.2 Å². The smallest absolute Gasteiger partial charge is 0.247 e. The average molecular weight is 616 g/mol. The van der Waals surface area contributed by atoms with Crippen LogP contribution in [0.15, 0.2) is 14.4 Å². The summed E-state index contributed by atoms with van der Waals surface area (Å²) in [5.41, 5.74) is -1.37. The first kappa shape index (κ1) is 34.5. The zero-order valence-corrected chi connectivity index (χ0v) is 26.6. The van der Waals surface area contributed by atoms with Crippen LogP contribution in [-0.4, -0.2) is 65.5 Å². The summed E-state index contributed by atoms with van der Waals surface area (Å²) in [5, 5.41) is 0. The van der Waals surface area contributed by atoms with Crippen LogP contribution in [0.3, 0.4) is 0 Å². The van der Waals surface area contributed by atoms with Crippen LogP contribution < -0.4 is 17.1 Å². The first-order chi connectivity index (χ1) is 17.6. The van der Waals surface area contributed by atoms with Gasteiger partial charge in [-0.25, -0.2) is 28.1 Å². The van der Waals surface area contributed by atoms with E-state index in [0.29, 0.717) is 19.6 Å². The van der Waals surface area contributed by atoms with Gasteiger partial charge in [0.1, 0.15) is 0 Å². The van der Waals surface area contributed by atoms with Gasteiger partial charge in [-0.05, 0) is 110 Å². The number of hydrogen-bond acceptors (Lipinski definition) is 9. The van der Waals surface area contributed by atoms with Gasteiger partial charge in [-0.1, -0.05) is 0 Å². The number of aromatic nitrogens is 3. The van der Waals surface area contributed by atoms with Crippen molar-refractivity contribution < 1.29 is 0 Å². The summed E-state index contributed by atoms with van der Waals surface area (Å²) in [6.45, 7) is 1.07. The first-order valence-electron chi connectivity index (χ1n) is 13.1. The molecule has 36 heavy (non-hydrogen) atoms. The Morgan fingerprint density at radius 2 is 0.667 bits per heavy atom. The third-order valence-electron chi connectivity index (χ3n) is 5.49. The molecule has 0 fully saturated rings. The van der Waals surface area contributed by atoms with Gasteiger partial charge in [0.15, 0.2) is 0 Å². The molecule has 1 rings (SSSR count). The fourth-order valence-electron chi connectivity index (χ4n) is 3.48. The van der Waals surface area contributed by atoms with Crippen LogP contribution in [-0.2, 0) is 19.6 Å². The zero-order chi connectivity index (χ0) is 26.4. The van der Waals surface area contributed by atoms with E-state index in [1.807, 2.05) is 35.3 Å². The Hall–Kier alpha value is 0.510. The summed E-state index contributed by atoms with van der Waals surface area (Å²) in [7, 11) is 0. The summed E-state index contributed by atoms with van der Waals surface area (Å²) in [5.74, 6) is 8.58. The van der Waals surface area contributed by atoms with E-state index < -0.39 is 17.1 Å². The van der Waals surface area contributed by atoms with Crippen LogP contribution in [0.1, 0.15) is 57.8 Å². The minimum absolute atomic E-state index is 0.356. The predicted octanol–water partition coefficient (Wildman–Crippen LogP) is 4.67. The normalized spacial score (nSPS) is 11.4. The van der Waals surface area contributed by atoms with E-state index in [0.717, 1.165) is 110 Å². The third kappa shape index (κ3) is 14.6. The quantitative estimate of drug-likeness (QED) is 0.116. The van der Waals surface area contributed by atoms with Crippen LogP contribution in [0.25, 0.3) is 0 Å². The van der Waals surface area contributed by atoms with E-state index in [4.69, 9.17) is 0 Å². The molecule has 0 atom stereocenters. The van der Waals surface area contributed by atoms with Gasteiger partial charge in [0.25, 0.3) is 0 Å². The highest BCUT2D eigenvalue weighted by Crippen LogP contribution is 2.09. The van der Waals surface area contributed by atoms with Crippen LogP contribution in [0.4, 0.5) is 0 Å². The van der Waals surface area contributed by atoms with E-state index in [1.165, 1.54) is 13.7 Å². The zero-order valence-electron chi connectivity index (χ0n) is 21.5. The molecular formula is C24H45N3O3S6. The second kappa shape index (κ2) is 23.4. The highest BCUT2D eigenvalue weighted by Gasteiger charge is 2.15. The molecule has 0 saturated heterocycles. The predicted molar refractivity (Wildman–Crippen MR) is 174 cm³/mol. The lowest BCUT2D eigenvalue weighted by molar-refractivity contribution is 0.440. The van der Waals surface area contributed by atoms with Crippen LogP contribution in [0.2, 0.25) is 0 Å². The topological polar surface area (TPSA) is 66.0 Å². The molecule has 1 heterocycles. The van der Waals surface area contributed by atoms with Crippen LogP contribution in [0.5, 0.6) is 0 Å². The molecule has 12 heteroatoms. The van der Waals surface area contributed by atoms with Gasteiger partial charge in [-0.15, -0.1) is 0 Å². The fraction of sp³-hybridized carbons (Fsp3) is 0.875.